The second-order valence-corrected chi connectivity index (χ2v) is 3.75. The van der Waals surface area contributed by atoms with Crippen LogP contribution in [0.5, 0.6) is 0 Å². The third-order valence-electron chi connectivity index (χ3n) is 2.75. The first-order chi connectivity index (χ1) is 6.16. The molecule has 1 rings (SSSR count). The van der Waals surface area contributed by atoms with Crippen LogP contribution in [-0.2, 0) is 9.53 Å². The van der Waals surface area contributed by atoms with Crippen molar-refractivity contribution in [2.24, 2.45) is 11.8 Å². The van der Waals surface area contributed by atoms with Gasteiger partial charge >= 0.3 is 5.97 Å². The first kappa shape index (κ1) is 10.5. The summed E-state index contributed by atoms with van der Waals surface area (Å²) in [7, 11) is 0. The molecule has 3 unspecified atom stereocenters. The summed E-state index contributed by atoms with van der Waals surface area (Å²) in [5.41, 5.74) is 0. The van der Waals surface area contributed by atoms with Crippen molar-refractivity contribution in [1.29, 1.82) is 0 Å². The minimum absolute atomic E-state index is 0.234. The van der Waals surface area contributed by atoms with Gasteiger partial charge < -0.3 is 9.84 Å². The molecule has 0 radical (unpaired) electrons. The van der Waals surface area contributed by atoms with Gasteiger partial charge in [-0.05, 0) is 25.7 Å². The van der Waals surface area contributed by atoms with Crippen molar-refractivity contribution < 1.29 is 14.6 Å². The maximum absolute atomic E-state index is 11.4. The van der Waals surface area contributed by atoms with Gasteiger partial charge in [-0.2, -0.15) is 0 Å². The lowest BCUT2D eigenvalue weighted by Crippen LogP contribution is -2.38. The third-order valence-corrected chi connectivity index (χ3v) is 2.75. The summed E-state index contributed by atoms with van der Waals surface area (Å²) in [5, 5.41) is 9.64. The van der Waals surface area contributed by atoms with Gasteiger partial charge in [0, 0.05) is 0 Å². The molecule has 1 aliphatic rings. The number of carbonyl (C=O) groups excluding carboxylic acids is 1. The zero-order valence-corrected chi connectivity index (χ0v) is 8.32. The van der Waals surface area contributed by atoms with Crippen LogP contribution >= 0.6 is 0 Å². The fraction of sp³-hybridized carbons (Fsp3) is 0.900. The van der Waals surface area contributed by atoms with Gasteiger partial charge in [-0.25, -0.2) is 0 Å². The van der Waals surface area contributed by atoms with E-state index in [0.717, 1.165) is 19.3 Å². The van der Waals surface area contributed by atoms with E-state index in [1.807, 2.05) is 6.92 Å². The molecule has 0 aromatic heterocycles. The van der Waals surface area contributed by atoms with E-state index < -0.39 is 6.10 Å². The fourth-order valence-corrected chi connectivity index (χ4v) is 2.02. The highest BCUT2D eigenvalue weighted by atomic mass is 16.5. The molecule has 0 amide bonds. The molecule has 0 aliphatic heterocycles. The van der Waals surface area contributed by atoms with E-state index in [1.54, 1.807) is 6.92 Å². The number of aliphatic hydroxyl groups is 1. The van der Waals surface area contributed by atoms with E-state index in [-0.39, 0.29) is 17.8 Å². The lowest BCUT2D eigenvalue weighted by molar-refractivity contribution is -0.156. The minimum atomic E-state index is -0.497. The van der Waals surface area contributed by atoms with Gasteiger partial charge in [0.05, 0.1) is 18.6 Å². The van der Waals surface area contributed by atoms with Crippen LogP contribution in [0.15, 0.2) is 0 Å². The van der Waals surface area contributed by atoms with E-state index in [9.17, 15) is 9.90 Å². The lowest BCUT2D eigenvalue weighted by Gasteiger charge is -2.31. The van der Waals surface area contributed by atoms with Gasteiger partial charge in [-0.15, -0.1) is 0 Å². The van der Waals surface area contributed by atoms with Crippen molar-refractivity contribution >= 4 is 5.97 Å². The molecule has 3 atom stereocenters. The van der Waals surface area contributed by atoms with Gasteiger partial charge in [0.2, 0.25) is 0 Å². The third kappa shape index (κ3) is 2.44. The summed E-state index contributed by atoms with van der Waals surface area (Å²) < 4.78 is 4.92. The average Bonchev–Trinajstić information content (AvgIpc) is 2.04. The van der Waals surface area contributed by atoms with Crippen LogP contribution < -0.4 is 0 Å². The molecule has 1 aliphatic carbocycles. The molecule has 0 bridgehead atoms. The van der Waals surface area contributed by atoms with E-state index in [1.165, 1.54) is 0 Å². The summed E-state index contributed by atoms with van der Waals surface area (Å²) in [6, 6.07) is 0. The van der Waals surface area contributed by atoms with Crippen molar-refractivity contribution in [2.75, 3.05) is 6.61 Å². The van der Waals surface area contributed by atoms with E-state index in [4.69, 9.17) is 4.74 Å². The highest BCUT2D eigenvalue weighted by Crippen LogP contribution is 2.30. The Labute approximate surface area is 79.1 Å². The first-order valence-corrected chi connectivity index (χ1v) is 5.01. The normalized spacial score (nSPS) is 34.2. The second kappa shape index (κ2) is 4.61. The zero-order chi connectivity index (χ0) is 9.84. The lowest BCUT2D eigenvalue weighted by atomic mass is 9.78. The largest absolute Gasteiger partial charge is 0.466 e. The number of carbonyl (C=O) groups is 1. The molecule has 3 nitrogen and oxygen atoms in total. The van der Waals surface area contributed by atoms with Crippen molar-refractivity contribution in [3.05, 3.63) is 0 Å². The van der Waals surface area contributed by atoms with Gasteiger partial charge in [0.25, 0.3) is 0 Å². The van der Waals surface area contributed by atoms with E-state index >= 15 is 0 Å². The molecule has 1 N–H and O–H groups in total. The smallest absolute Gasteiger partial charge is 0.311 e. The van der Waals surface area contributed by atoms with Gasteiger partial charge in [-0.3, -0.25) is 4.79 Å². The maximum atomic E-state index is 11.4. The summed E-state index contributed by atoms with van der Waals surface area (Å²) in [5.74, 6) is -0.279. The van der Waals surface area contributed by atoms with Gasteiger partial charge in [-0.1, -0.05) is 13.3 Å². The van der Waals surface area contributed by atoms with Crippen LogP contribution in [0, 0.1) is 11.8 Å². The molecular weight excluding hydrogens is 168 g/mol. The standard InChI is InChI=1S/C10H18O3/c1-3-13-10(12)9-7(2)5-4-6-8(9)11/h7-9,11H,3-6H2,1-2H3. The predicted octanol–water partition coefficient (Wildman–Crippen LogP) is 1.35. The molecular formula is C10H18O3. The Hall–Kier alpha value is -0.570. The number of rotatable bonds is 2. The van der Waals surface area contributed by atoms with Crippen LogP contribution in [0.4, 0.5) is 0 Å². The Bertz CT molecular complexity index is 169. The predicted molar refractivity (Wildman–Crippen MR) is 49.1 cm³/mol. The van der Waals surface area contributed by atoms with Crippen LogP contribution in [0.3, 0.4) is 0 Å². The van der Waals surface area contributed by atoms with E-state index in [0.29, 0.717) is 6.61 Å². The van der Waals surface area contributed by atoms with Crippen molar-refractivity contribution in [3.8, 4) is 0 Å². The highest BCUT2D eigenvalue weighted by molar-refractivity contribution is 5.73. The SMILES string of the molecule is CCOC(=O)C1C(C)CCCC1O. The van der Waals surface area contributed by atoms with Crippen LogP contribution in [-0.4, -0.2) is 23.8 Å². The second-order valence-electron chi connectivity index (χ2n) is 3.75. The topological polar surface area (TPSA) is 46.5 Å². The van der Waals surface area contributed by atoms with Crippen molar-refractivity contribution in [3.63, 3.8) is 0 Å². The number of hydrogen-bond acceptors (Lipinski definition) is 3. The summed E-state index contributed by atoms with van der Waals surface area (Å²) in [6.45, 7) is 4.19. The molecule has 0 spiro atoms. The molecule has 3 heteroatoms. The highest BCUT2D eigenvalue weighted by Gasteiger charge is 2.35. The number of aliphatic hydroxyl groups excluding tert-OH is 1. The molecule has 1 saturated carbocycles. The van der Waals surface area contributed by atoms with Gasteiger partial charge in [0.1, 0.15) is 0 Å². The Morgan fingerprint density at radius 2 is 2.23 bits per heavy atom. The number of hydrogen-bond donors (Lipinski definition) is 1. The maximum Gasteiger partial charge on any atom is 0.311 e. The summed E-state index contributed by atoms with van der Waals surface area (Å²) in [6.07, 6.45) is 2.26. The quantitative estimate of drug-likeness (QED) is 0.662. The number of esters is 1. The molecule has 0 aromatic rings. The Balaban J connectivity index is 2.57. The average molecular weight is 186 g/mol. The Morgan fingerprint density at radius 3 is 2.77 bits per heavy atom. The van der Waals surface area contributed by atoms with Gasteiger partial charge in [0.15, 0.2) is 0 Å². The molecule has 0 saturated heterocycles. The van der Waals surface area contributed by atoms with E-state index in [2.05, 4.69) is 0 Å². The molecule has 1 fully saturated rings. The van der Waals surface area contributed by atoms with Crippen LogP contribution in [0.25, 0.3) is 0 Å². The first-order valence-electron chi connectivity index (χ1n) is 5.01. The number of ether oxygens (including phenoxy) is 1. The zero-order valence-electron chi connectivity index (χ0n) is 8.32. The Morgan fingerprint density at radius 1 is 1.54 bits per heavy atom. The summed E-state index contributed by atoms with van der Waals surface area (Å²) in [4.78, 5) is 11.4. The monoisotopic (exact) mass is 186 g/mol. The molecule has 0 aromatic carbocycles. The van der Waals surface area contributed by atoms with Crippen LogP contribution in [0.2, 0.25) is 0 Å². The Kier molecular flexibility index (Phi) is 3.72. The van der Waals surface area contributed by atoms with Crippen LogP contribution in [0.1, 0.15) is 33.1 Å². The molecule has 0 heterocycles. The minimum Gasteiger partial charge on any atom is -0.466 e. The fourth-order valence-electron chi connectivity index (χ4n) is 2.02. The van der Waals surface area contributed by atoms with Crippen molar-refractivity contribution in [2.45, 2.75) is 39.2 Å². The molecule has 76 valence electrons. The van der Waals surface area contributed by atoms with Crippen molar-refractivity contribution in [1.82, 2.24) is 0 Å². The summed E-state index contributed by atoms with van der Waals surface area (Å²) >= 11 is 0. The molecule has 13 heavy (non-hydrogen) atoms.